The van der Waals surface area contributed by atoms with Gasteiger partial charge >= 0.3 is 6.03 Å². The third-order valence-corrected chi connectivity index (χ3v) is 6.34. The van der Waals surface area contributed by atoms with Crippen LogP contribution in [-0.4, -0.2) is 63.1 Å². The zero-order valence-electron chi connectivity index (χ0n) is 12.8. The van der Waals surface area contributed by atoms with E-state index < -0.39 is 9.84 Å². The molecule has 2 saturated heterocycles. The molecule has 2 rings (SSSR count). The van der Waals surface area contributed by atoms with Crippen LogP contribution in [0.2, 0.25) is 0 Å². The molecule has 0 aromatic heterocycles. The Bertz CT molecular complexity index is 446. The Morgan fingerprint density at radius 3 is 2.57 bits per heavy atom. The number of carbonyl (C=O) groups is 1. The third kappa shape index (κ3) is 5.14. The topological polar surface area (TPSA) is 78.5 Å². The summed E-state index contributed by atoms with van der Waals surface area (Å²) in [5.74, 6) is 0.535. The van der Waals surface area contributed by atoms with Crippen LogP contribution < -0.4 is 10.6 Å². The fourth-order valence-electron chi connectivity index (χ4n) is 3.18. The summed E-state index contributed by atoms with van der Waals surface area (Å²) in [6.45, 7) is 5.51. The van der Waals surface area contributed by atoms with E-state index in [4.69, 9.17) is 0 Å². The quantitative estimate of drug-likeness (QED) is 0.752. The van der Waals surface area contributed by atoms with Gasteiger partial charge in [0, 0.05) is 19.1 Å². The molecule has 7 heteroatoms. The number of amides is 2. The maximum atomic E-state index is 11.8. The third-order valence-electron chi connectivity index (χ3n) is 4.50. The number of hydrogen-bond acceptors (Lipinski definition) is 4. The number of sulfone groups is 1. The van der Waals surface area contributed by atoms with Crippen LogP contribution >= 0.6 is 0 Å². The summed E-state index contributed by atoms with van der Waals surface area (Å²) in [6, 6.07) is 0.224. The van der Waals surface area contributed by atoms with E-state index in [9.17, 15) is 13.2 Å². The van der Waals surface area contributed by atoms with E-state index in [0.717, 1.165) is 19.5 Å². The van der Waals surface area contributed by atoms with Crippen molar-refractivity contribution in [3.63, 3.8) is 0 Å². The molecule has 0 spiro atoms. The highest BCUT2D eigenvalue weighted by Gasteiger charge is 2.28. The van der Waals surface area contributed by atoms with Crippen molar-refractivity contribution in [2.45, 2.75) is 38.6 Å². The molecule has 6 nitrogen and oxygen atoms in total. The van der Waals surface area contributed by atoms with E-state index in [1.807, 2.05) is 0 Å². The molecule has 0 saturated carbocycles. The lowest BCUT2D eigenvalue weighted by Gasteiger charge is -2.26. The Morgan fingerprint density at radius 2 is 2.00 bits per heavy atom. The Labute approximate surface area is 127 Å². The second kappa shape index (κ2) is 7.45. The maximum Gasteiger partial charge on any atom is 0.314 e. The van der Waals surface area contributed by atoms with Gasteiger partial charge < -0.3 is 10.6 Å². The predicted molar refractivity (Wildman–Crippen MR) is 83.0 cm³/mol. The van der Waals surface area contributed by atoms with Crippen LogP contribution in [0.5, 0.6) is 0 Å². The largest absolute Gasteiger partial charge is 0.338 e. The highest BCUT2D eigenvalue weighted by molar-refractivity contribution is 7.91. The number of carbonyl (C=O) groups excluding carboxylic acids is 1. The Hall–Kier alpha value is -0.820. The van der Waals surface area contributed by atoms with Crippen molar-refractivity contribution >= 4 is 15.9 Å². The molecular formula is C14H27N3O3S. The van der Waals surface area contributed by atoms with Crippen LogP contribution in [0.15, 0.2) is 0 Å². The summed E-state index contributed by atoms with van der Waals surface area (Å²) in [6.07, 6.45) is 4.19. The van der Waals surface area contributed by atoms with Crippen molar-refractivity contribution in [2.24, 2.45) is 5.92 Å². The van der Waals surface area contributed by atoms with Crippen LogP contribution in [-0.2, 0) is 9.84 Å². The molecule has 2 unspecified atom stereocenters. The predicted octanol–water partition coefficient (Wildman–Crippen LogP) is 0.595. The zero-order chi connectivity index (χ0) is 15.3. The van der Waals surface area contributed by atoms with Crippen LogP contribution in [0.25, 0.3) is 0 Å². The average Bonchev–Trinajstić information content (AvgIpc) is 3.07. The molecule has 2 N–H and O–H groups in total. The molecule has 2 amide bonds. The smallest absolute Gasteiger partial charge is 0.314 e. The first-order valence-corrected chi connectivity index (χ1v) is 9.78. The van der Waals surface area contributed by atoms with Gasteiger partial charge in [-0.05, 0) is 44.7 Å². The summed E-state index contributed by atoms with van der Waals surface area (Å²) in [7, 11) is -2.86. The van der Waals surface area contributed by atoms with Gasteiger partial charge in [-0.1, -0.05) is 6.92 Å². The Balaban J connectivity index is 1.65. The van der Waals surface area contributed by atoms with E-state index in [1.165, 1.54) is 12.8 Å². The molecule has 21 heavy (non-hydrogen) atoms. The lowest BCUT2D eigenvalue weighted by Crippen LogP contribution is -2.46. The van der Waals surface area contributed by atoms with Crippen molar-refractivity contribution in [2.75, 3.05) is 37.7 Å². The van der Waals surface area contributed by atoms with Gasteiger partial charge in [0.05, 0.1) is 11.5 Å². The van der Waals surface area contributed by atoms with Gasteiger partial charge in [-0.25, -0.2) is 13.2 Å². The van der Waals surface area contributed by atoms with E-state index >= 15 is 0 Å². The standard InChI is InChI=1S/C14H27N3O3S/c1-2-13(17-6-3-4-7-17)10-16-14(18)15-9-12-5-8-21(19,20)11-12/h12-13H,2-11H2,1H3,(H2,15,16,18). The second-order valence-electron chi connectivity index (χ2n) is 6.17. The fourth-order valence-corrected chi connectivity index (χ4v) is 5.04. The lowest BCUT2D eigenvalue weighted by atomic mass is 10.1. The number of nitrogens with one attached hydrogen (secondary N) is 2. The molecule has 0 aromatic carbocycles. The lowest BCUT2D eigenvalue weighted by molar-refractivity contribution is 0.215. The van der Waals surface area contributed by atoms with Gasteiger partial charge in [0.25, 0.3) is 0 Å². The molecule has 2 heterocycles. The molecule has 0 aromatic rings. The van der Waals surface area contributed by atoms with Crippen molar-refractivity contribution in [1.82, 2.24) is 15.5 Å². The SMILES string of the molecule is CCC(CNC(=O)NCC1CCS(=O)(=O)C1)N1CCCC1. The maximum absolute atomic E-state index is 11.8. The minimum Gasteiger partial charge on any atom is -0.338 e. The van der Waals surface area contributed by atoms with Gasteiger partial charge in [-0.3, -0.25) is 4.90 Å². The van der Waals surface area contributed by atoms with Gasteiger partial charge in [0.2, 0.25) is 0 Å². The van der Waals surface area contributed by atoms with E-state index in [-0.39, 0.29) is 23.5 Å². The van der Waals surface area contributed by atoms with Crippen molar-refractivity contribution in [3.8, 4) is 0 Å². The first-order chi connectivity index (χ1) is 10.00. The van der Waals surface area contributed by atoms with Crippen LogP contribution in [0.3, 0.4) is 0 Å². The minimum absolute atomic E-state index is 0.0707. The summed E-state index contributed by atoms with van der Waals surface area (Å²) >= 11 is 0. The Kier molecular flexibility index (Phi) is 5.87. The van der Waals surface area contributed by atoms with Crippen LogP contribution in [0, 0.1) is 5.92 Å². The zero-order valence-corrected chi connectivity index (χ0v) is 13.6. The van der Waals surface area contributed by atoms with Crippen molar-refractivity contribution in [3.05, 3.63) is 0 Å². The van der Waals surface area contributed by atoms with Crippen LogP contribution in [0.4, 0.5) is 4.79 Å². The molecule has 2 fully saturated rings. The molecule has 2 aliphatic rings. The van der Waals surface area contributed by atoms with Gasteiger partial charge in [-0.2, -0.15) is 0 Å². The number of urea groups is 1. The van der Waals surface area contributed by atoms with Crippen LogP contribution in [0.1, 0.15) is 32.6 Å². The summed E-state index contributed by atoms with van der Waals surface area (Å²) < 4.78 is 22.7. The molecular weight excluding hydrogens is 290 g/mol. The summed E-state index contributed by atoms with van der Waals surface area (Å²) in [5, 5.41) is 5.71. The number of hydrogen-bond donors (Lipinski definition) is 2. The average molecular weight is 317 g/mol. The highest BCUT2D eigenvalue weighted by atomic mass is 32.2. The van der Waals surface area contributed by atoms with Gasteiger partial charge in [0.15, 0.2) is 9.84 Å². The van der Waals surface area contributed by atoms with Crippen molar-refractivity contribution in [1.29, 1.82) is 0 Å². The summed E-state index contributed by atoms with van der Waals surface area (Å²) in [5.41, 5.74) is 0. The molecule has 0 bridgehead atoms. The number of rotatable bonds is 6. The monoisotopic (exact) mass is 317 g/mol. The molecule has 0 radical (unpaired) electrons. The van der Waals surface area contributed by atoms with Gasteiger partial charge in [-0.15, -0.1) is 0 Å². The van der Waals surface area contributed by atoms with E-state index in [2.05, 4.69) is 22.5 Å². The van der Waals surface area contributed by atoms with E-state index in [1.54, 1.807) is 0 Å². The molecule has 2 atom stereocenters. The molecule has 122 valence electrons. The van der Waals surface area contributed by atoms with E-state index in [0.29, 0.717) is 25.6 Å². The first-order valence-electron chi connectivity index (χ1n) is 7.96. The highest BCUT2D eigenvalue weighted by Crippen LogP contribution is 2.17. The number of likely N-dealkylation sites (tertiary alicyclic amines) is 1. The minimum atomic E-state index is -2.86. The van der Waals surface area contributed by atoms with Gasteiger partial charge in [0.1, 0.15) is 0 Å². The Morgan fingerprint density at radius 1 is 1.29 bits per heavy atom. The molecule has 2 aliphatic heterocycles. The van der Waals surface area contributed by atoms with Crippen molar-refractivity contribution < 1.29 is 13.2 Å². The normalized spacial score (nSPS) is 26.6. The molecule has 0 aliphatic carbocycles. The fraction of sp³-hybridized carbons (Fsp3) is 0.929. The first kappa shape index (κ1) is 16.5. The second-order valence-corrected chi connectivity index (χ2v) is 8.39. The summed E-state index contributed by atoms with van der Waals surface area (Å²) in [4.78, 5) is 14.2. The number of nitrogens with zero attached hydrogens (tertiary/aromatic N) is 1.